The van der Waals surface area contributed by atoms with Crippen LogP contribution in [0.1, 0.15) is 41.6 Å². The Labute approximate surface area is 174 Å². The zero-order chi connectivity index (χ0) is 21.8. The van der Waals surface area contributed by atoms with Crippen LogP contribution in [0.2, 0.25) is 0 Å². The van der Waals surface area contributed by atoms with Crippen molar-refractivity contribution in [2.75, 3.05) is 5.32 Å². The number of esters is 1. The molecule has 1 aromatic carbocycles. The highest BCUT2D eigenvalue weighted by molar-refractivity contribution is 5.95. The third-order valence-electron chi connectivity index (χ3n) is 4.80. The summed E-state index contributed by atoms with van der Waals surface area (Å²) in [6, 6.07) is 10.4. The molecule has 0 aliphatic carbocycles. The maximum atomic E-state index is 12.3. The van der Waals surface area contributed by atoms with Crippen molar-refractivity contribution in [2.24, 2.45) is 0 Å². The summed E-state index contributed by atoms with van der Waals surface area (Å²) in [7, 11) is 0. The summed E-state index contributed by atoms with van der Waals surface area (Å²) in [5, 5.41) is 16.0. The van der Waals surface area contributed by atoms with E-state index in [1.807, 2.05) is 32.9 Å². The fourth-order valence-electron chi connectivity index (χ4n) is 3.25. The molecule has 3 rings (SSSR count). The van der Waals surface area contributed by atoms with Crippen molar-refractivity contribution in [1.29, 1.82) is 5.26 Å². The van der Waals surface area contributed by atoms with Gasteiger partial charge in [-0.3, -0.25) is 9.59 Å². The molecule has 8 heteroatoms. The van der Waals surface area contributed by atoms with E-state index in [-0.39, 0.29) is 6.42 Å². The second-order valence-electron chi connectivity index (χ2n) is 7.13. The summed E-state index contributed by atoms with van der Waals surface area (Å²) < 4.78 is 7.05. The van der Waals surface area contributed by atoms with Crippen molar-refractivity contribution in [3.63, 3.8) is 0 Å². The predicted octanol–water partition coefficient (Wildman–Crippen LogP) is 3.03. The molecular weight excluding hydrogens is 382 g/mol. The van der Waals surface area contributed by atoms with E-state index in [4.69, 9.17) is 10.00 Å². The molecule has 1 N–H and O–H groups in total. The van der Waals surface area contributed by atoms with Crippen LogP contribution in [0.3, 0.4) is 0 Å². The first-order valence-corrected chi connectivity index (χ1v) is 9.61. The number of nitrogens with one attached hydrogen (secondary N) is 1. The summed E-state index contributed by atoms with van der Waals surface area (Å²) in [5.41, 5.74) is 5.27. The lowest BCUT2D eigenvalue weighted by Crippen LogP contribution is -2.30. The smallest absolute Gasteiger partial charge is 0.306 e. The van der Waals surface area contributed by atoms with Crippen molar-refractivity contribution in [1.82, 2.24) is 14.6 Å². The van der Waals surface area contributed by atoms with E-state index >= 15 is 0 Å². The van der Waals surface area contributed by atoms with Gasteiger partial charge < -0.3 is 10.1 Å². The molecule has 0 saturated carbocycles. The lowest BCUT2D eigenvalue weighted by atomic mass is 10.1. The van der Waals surface area contributed by atoms with Gasteiger partial charge in [0.1, 0.15) is 0 Å². The minimum atomic E-state index is -0.959. The Morgan fingerprint density at radius 3 is 2.77 bits per heavy atom. The molecule has 2 heterocycles. The first-order chi connectivity index (χ1) is 14.3. The van der Waals surface area contributed by atoms with Gasteiger partial charge in [0, 0.05) is 29.6 Å². The Bertz CT molecular complexity index is 1160. The Balaban J connectivity index is 1.59. The molecule has 8 nitrogen and oxygen atoms in total. The zero-order valence-electron chi connectivity index (χ0n) is 17.4. The van der Waals surface area contributed by atoms with Crippen molar-refractivity contribution in [3.05, 3.63) is 58.5 Å². The highest BCUT2D eigenvalue weighted by Gasteiger charge is 2.19. The number of benzene rings is 1. The number of carbonyl (C=O) groups is 2. The van der Waals surface area contributed by atoms with E-state index in [9.17, 15) is 9.59 Å². The van der Waals surface area contributed by atoms with Gasteiger partial charge in [0.15, 0.2) is 11.8 Å². The van der Waals surface area contributed by atoms with Crippen LogP contribution in [0.25, 0.3) is 5.65 Å². The van der Waals surface area contributed by atoms with Crippen molar-refractivity contribution in [3.8, 4) is 6.07 Å². The molecule has 1 atom stereocenters. The average molecular weight is 405 g/mol. The molecule has 0 spiro atoms. The SMILES string of the molecule is Cc1cc2nc(C)c(CCC(=O)O[C@@H](C)C(=O)Nc3cccc(C#N)c3)c(C)n2n1. The van der Waals surface area contributed by atoms with E-state index in [0.717, 1.165) is 28.3 Å². The molecule has 0 unspecified atom stereocenters. The molecule has 3 aromatic rings. The Morgan fingerprint density at radius 1 is 1.27 bits per heavy atom. The number of hydrogen-bond donors (Lipinski definition) is 1. The first kappa shape index (κ1) is 21.0. The Hall–Kier alpha value is -3.73. The molecule has 1 amide bonds. The van der Waals surface area contributed by atoms with Gasteiger partial charge in [-0.05, 0) is 57.9 Å². The third kappa shape index (κ3) is 4.63. The summed E-state index contributed by atoms with van der Waals surface area (Å²) in [6.45, 7) is 7.27. The van der Waals surface area contributed by atoms with E-state index in [1.165, 1.54) is 6.92 Å². The number of fused-ring (bicyclic) bond motifs is 1. The number of aryl methyl sites for hydroxylation is 3. The van der Waals surface area contributed by atoms with Crippen molar-refractivity contribution < 1.29 is 14.3 Å². The van der Waals surface area contributed by atoms with Gasteiger partial charge >= 0.3 is 5.97 Å². The number of amides is 1. The molecule has 0 saturated heterocycles. The molecule has 0 aliphatic heterocycles. The maximum absolute atomic E-state index is 12.3. The number of nitrogens with zero attached hydrogens (tertiary/aromatic N) is 4. The van der Waals surface area contributed by atoms with Gasteiger partial charge in [0.05, 0.1) is 17.3 Å². The zero-order valence-corrected chi connectivity index (χ0v) is 17.4. The van der Waals surface area contributed by atoms with E-state index in [2.05, 4.69) is 15.4 Å². The summed E-state index contributed by atoms with van der Waals surface area (Å²) in [6.07, 6.45) is -0.395. The van der Waals surface area contributed by atoms with Crippen LogP contribution in [0.15, 0.2) is 30.3 Å². The van der Waals surface area contributed by atoms with Crippen LogP contribution in [0, 0.1) is 32.1 Å². The quantitative estimate of drug-likeness (QED) is 0.631. The minimum absolute atomic E-state index is 0.122. The Morgan fingerprint density at radius 2 is 2.03 bits per heavy atom. The number of anilines is 1. The van der Waals surface area contributed by atoms with Gasteiger partial charge in [0.2, 0.25) is 0 Å². The van der Waals surface area contributed by atoms with Crippen molar-refractivity contribution in [2.45, 2.75) is 46.6 Å². The highest BCUT2D eigenvalue weighted by atomic mass is 16.5. The van der Waals surface area contributed by atoms with Crippen LogP contribution >= 0.6 is 0 Å². The van der Waals surface area contributed by atoms with Crippen LogP contribution < -0.4 is 5.32 Å². The lowest BCUT2D eigenvalue weighted by molar-refractivity contribution is -0.153. The van der Waals surface area contributed by atoms with Crippen LogP contribution in [-0.2, 0) is 20.7 Å². The number of carbonyl (C=O) groups excluding carboxylic acids is 2. The maximum Gasteiger partial charge on any atom is 0.306 e. The summed E-state index contributed by atoms with van der Waals surface area (Å²) in [4.78, 5) is 29.1. The molecule has 154 valence electrons. The number of aromatic nitrogens is 3. The van der Waals surface area contributed by atoms with Crippen LogP contribution in [0.5, 0.6) is 0 Å². The molecular formula is C22H23N5O3. The molecule has 30 heavy (non-hydrogen) atoms. The van der Waals surface area contributed by atoms with E-state index in [1.54, 1.807) is 28.8 Å². The van der Waals surface area contributed by atoms with Gasteiger partial charge in [-0.2, -0.15) is 10.4 Å². The van der Waals surface area contributed by atoms with Gasteiger partial charge in [-0.25, -0.2) is 9.50 Å². The second kappa shape index (κ2) is 8.74. The predicted molar refractivity (Wildman–Crippen MR) is 111 cm³/mol. The Kier molecular flexibility index (Phi) is 6.11. The van der Waals surface area contributed by atoms with E-state index in [0.29, 0.717) is 17.7 Å². The summed E-state index contributed by atoms with van der Waals surface area (Å²) in [5.74, 6) is -0.931. The fourth-order valence-corrected chi connectivity index (χ4v) is 3.25. The monoisotopic (exact) mass is 405 g/mol. The van der Waals surface area contributed by atoms with Crippen LogP contribution in [-0.4, -0.2) is 32.6 Å². The van der Waals surface area contributed by atoms with Crippen molar-refractivity contribution >= 4 is 23.2 Å². The number of ether oxygens (including phenoxy) is 1. The van der Waals surface area contributed by atoms with Crippen LogP contribution in [0.4, 0.5) is 5.69 Å². The largest absolute Gasteiger partial charge is 0.453 e. The number of rotatable bonds is 6. The molecule has 2 aromatic heterocycles. The number of hydrogen-bond acceptors (Lipinski definition) is 6. The highest BCUT2D eigenvalue weighted by Crippen LogP contribution is 2.17. The molecule has 0 radical (unpaired) electrons. The minimum Gasteiger partial charge on any atom is -0.453 e. The topological polar surface area (TPSA) is 109 Å². The third-order valence-corrected chi connectivity index (χ3v) is 4.80. The van der Waals surface area contributed by atoms with Gasteiger partial charge in [0.25, 0.3) is 5.91 Å². The lowest BCUT2D eigenvalue weighted by Gasteiger charge is -2.14. The molecule has 0 fully saturated rings. The molecule has 0 aliphatic rings. The van der Waals surface area contributed by atoms with Gasteiger partial charge in [-0.15, -0.1) is 0 Å². The normalized spacial score (nSPS) is 11.7. The fraction of sp³-hybridized carbons (Fsp3) is 0.318. The van der Waals surface area contributed by atoms with E-state index < -0.39 is 18.0 Å². The second-order valence-corrected chi connectivity index (χ2v) is 7.13. The summed E-state index contributed by atoms with van der Waals surface area (Å²) >= 11 is 0. The standard InChI is InChI=1S/C22H23N5O3/c1-13-10-20-24-14(2)19(15(3)27(20)26-13)8-9-21(28)30-16(4)22(29)25-18-7-5-6-17(11-18)12-23/h5-7,10-11,16H,8-9H2,1-4H3,(H,25,29)/t16-/m0/s1. The first-order valence-electron chi connectivity index (χ1n) is 9.61. The van der Waals surface area contributed by atoms with Gasteiger partial charge in [-0.1, -0.05) is 6.07 Å². The molecule has 0 bridgehead atoms. The average Bonchev–Trinajstić information content (AvgIpc) is 3.08. The number of nitriles is 1.